The lowest BCUT2D eigenvalue weighted by molar-refractivity contribution is -0.122. The van der Waals surface area contributed by atoms with Gasteiger partial charge < -0.3 is 45.9 Å². The molecular weight excluding hydrogens is 861 g/mol. The predicted octanol–water partition coefficient (Wildman–Crippen LogP) is 4.00. The largest absolute Gasteiger partial charge is 0.491 e. The lowest BCUT2D eigenvalue weighted by Crippen LogP contribution is -2.38. The van der Waals surface area contributed by atoms with Crippen LogP contribution in [-0.4, -0.2) is 107 Å². The maximum atomic E-state index is 13.9. The number of allylic oxidation sites excluding steroid dienone is 2. The Balaban J connectivity index is 1.32. The van der Waals surface area contributed by atoms with E-state index in [0.29, 0.717) is 102 Å². The number of aromatic nitrogens is 9. The van der Waals surface area contributed by atoms with Crippen molar-refractivity contribution < 1.29 is 33.4 Å². The van der Waals surface area contributed by atoms with Gasteiger partial charge in [0, 0.05) is 81.0 Å². The average Bonchev–Trinajstić information content (AvgIpc) is 4.06. The molecule has 5 aromatic heterocycles. The van der Waals surface area contributed by atoms with Crippen molar-refractivity contribution in [3.63, 3.8) is 0 Å². The number of rotatable bonds is 22. The van der Waals surface area contributed by atoms with Crippen LogP contribution in [0.1, 0.15) is 76.2 Å². The number of nitrogens with one attached hydrogen (secondary N) is 2. The third kappa shape index (κ3) is 10.3. The minimum absolute atomic E-state index is 0.148. The van der Waals surface area contributed by atoms with Gasteiger partial charge in [-0.25, -0.2) is 15.0 Å². The van der Waals surface area contributed by atoms with Crippen LogP contribution < -0.4 is 37.3 Å². The number of nitrogens with two attached hydrogens (primary N) is 3. The summed E-state index contributed by atoms with van der Waals surface area (Å²) >= 11 is 0. The highest BCUT2D eigenvalue weighted by molar-refractivity contribution is 6.12. The molecule has 7 rings (SSSR count). The normalized spacial score (nSPS) is 12.1. The van der Waals surface area contributed by atoms with Crippen molar-refractivity contribution in [3.8, 4) is 23.0 Å². The minimum Gasteiger partial charge on any atom is -0.491 e. The Bertz CT molecular complexity index is 3010. The lowest BCUT2D eigenvalue weighted by Gasteiger charge is -2.14. The quantitative estimate of drug-likeness (QED) is 0.0476. The van der Waals surface area contributed by atoms with Gasteiger partial charge in [-0.1, -0.05) is 12.2 Å². The van der Waals surface area contributed by atoms with Crippen molar-refractivity contribution in [2.24, 2.45) is 17.2 Å². The average molecular weight is 917 g/mol. The lowest BCUT2D eigenvalue weighted by atomic mass is 10.1. The van der Waals surface area contributed by atoms with Crippen LogP contribution in [0.3, 0.4) is 0 Å². The third-order valence-electron chi connectivity index (χ3n) is 10.9. The number of aryl methyl sites for hydroxylation is 4. The second kappa shape index (κ2) is 20.7. The molecule has 21 nitrogen and oxygen atoms in total. The molecule has 0 aliphatic rings. The first kappa shape index (κ1) is 47.3. The molecular formula is C46H56N14O7. The van der Waals surface area contributed by atoms with Crippen molar-refractivity contribution in [2.45, 2.75) is 79.7 Å². The highest BCUT2D eigenvalue weighted by Gasteiger charge is 2.24. The Kier molecular flexibility index (Phi) is 14.6. The number of primary amides is 2. The number of methoxy groups -OCH3 is 1. The number of benzene rings is 2. The fourth-order valence-electron chi connectivity index (χ4n) is 7.75. The van der Waals surface area contributed by atoms with E-state index >= 15 is 0 Å². The van der Waals surface area contributed by atoms with Gasteiger partial charge in [-0.3, -0.25) is 33.9 Å². The minimum atomic E-state index is -0.698. The Morgan fingerprint density at radius 1 is 0.776 bits per heavy atom. The fourth-order valence-corrected chi connectivity index (χ4v) is 7.75. The highest BCUT2D eigenvalue weighted by Crippen LogP contribution is 2.37. The number of hydrogen-bond acceptors (Lipinski definition) is 13. The highest BCUT2D eigenvalue weighted by atomic mass is 16.5. The molecule has 21 heteroatoms. The van der Waals surface area contributed by atoms with Crippen molar-refractivity contribution in [2.75, 3.05) is 38.8 Å². The number of imidazole rings is 1. The molecule has 67 heavy (non-hydrogen) atoms. The molecule has 7 aromatic rings. The summed E-state index contributed by atoms with van der Waals surface area (Å²) in [6.07, 6.45) is 6.58. The molecule has 0 aliphatic carbocycles. The van der Waals surface area contributed by atoms with E-state index in [1.165, 1.54) is 6.07 Å². The predicted molar refractivity (Wildman–Crippen MR) is 252 cm³/mol. The number of hydrogen-bond donors (Lipinski definition) is 5. The molecule has 0 unspecified atom stereocenters. The zero-order valence-corrected chi connectivity index (χ0v) is 38.5. The van der Waals surface area contributed by atoms with Crippen LogP contribution in [0, 0.1) is 13.8 Å². The van der Waals surface area contributed by atoms with E-state index < -0.39 is 23.8 Å². The van der Waals surface area contributed by atoms with Gasteiger partial charge in [0.1, 0.15) is 34.1 Å². The van der Waals surface area contributed by atoms with E-state index in [9.17, 15) is 19.2 Å². The van der Waals surface area contributed by atoms with Crippen LogP contribution in [0.25, 0.3) is 44.5 Å². The van der Waals surface area contributed by atoms with E-state index in [4.69, 9.17) is 46.4 Å². The molecule has 0 radical (unpaired) electrons. The van der Waals surface area contributed by atoms with Crippen LogP contribution in [-0.2, 0) is 35.7 Å². The number of nitrogens with zero attached hydrogens (tertiary/aromatic N) is 9. The molecule has 0 spiro atoms. The number of fused-ring (bicyclic) bond motifs is 4. The molecule has 4 amide bonds. The van der Waals surface area contributed by atoms with E-state index in [2.05, 4.69) is 20.8 Å². The number of ether oxygens (including phenoxy) is 3. The monoisotopic (exact) mass is 916 g/mol. The van der Waals surface area contributed by atoms with Gasteiger partial charge in [-0.2, -0.15) is 10.2 Å². The fraction of sp³-hybridized carbons (Fsp3) is 0.370. The summed E-state index contributed by atoms with van der Waals surface area (Å²) in [7, 11) is 1.62. The first-order chi connectivity index (χ1) is 32.2. The van der Waals surface area contributed by atoms with Crippen molar-refractivity contribution in [3.05, 3.63) is 83.0 Å². The van der Waals surface area contributed by atoms with Crippen LogP contribution in [0.2, 0.25) is 0 Å². The van der Waals surface area contributed by atoms with Gasteiger partial charge in [-0.15, -0.1) is 0 Å². The molecule has 352 valence electrons. The molecule has 0 bridgehead atoms. The van der Waals surface area contributed by atoms with Gasteiger partial charge in [0.2, 0.25) is 23.7 Å². The summed E-state index contributed by atoms with van der Waals surface area (Å²) in [5, 5.41) is 16.1. The summed E-state index contributed by atoms with van der Waals surface area (Å²) in [5.41, 5.74) is 22.4. The number of carbonyl (C=O) groups is 4. The van der Waals surface area contributed by atoms with Crippen LogP contribution in [0.15, 0.2) is 54.7 Å². The maximum Gasteiger partial charge on any atom is 0.276 e. The van der Waals surface area contributed by atoms with Crippen LogP contribution >= 0.6 is 0 Å². The van der Waals surface area contributed by atoms with Gasteiger partial charge in [0.25, 0.3) is 5.91 Å². The van der Waals surface area contributed by atoms with Gasteiger partial charge in [0.05, 0.1) is 41.7 Å². The van der Waals surface area contributed by atoms with Crippen LogP contribution in [0.5, 0.6) is 11.5 Å². The summed E-state index contributed by atoms with van der Waals surface area (Å²) < 4.78 is 25.1. The Hall–Kier alpha value is -7.65. The van der Waals surface area contributed by atoms with E-state index in [1.54, 1.807) is 60.7 Å². The number of amides is 4. The molecule has 0 fully saturated rings. The molecule has 0 aliphatic heterocycles. The maximum absolute atomic E-state index is 13.9. The molecule has 0 saturated heterocycles. The molecule has 2 aromatic carbocycles. The molecule has 1 atom stereocenters. The molecule has 8 N–H and O–H groups in total. The van der Waals surface area contributed by atoms with E-state index in [0.717, 1.165) is 11.4 Å². The van der Waals surface area contributed by atoms with Gasteiger partial charge >= 0.3 is 0 Å². The smallest absolute Gasteiger partial charge is 0.276 e. The van der Waals surface area contributed by atoms with Crippen LogP contribution in [0.4, 0.5) is 5.95 Å². The number of anilines is 1. The van der Waals surface area contributed by atoms with Crippen molar-refractivity contribution >= 4 is 62.5 Å². The third-order valence-corrected chi connectivity index (χ3v) is 10.9. The van der Waals surface area contributed by atoms with E-state index in [-0.39, 0.29) is 48.4 Å². The summed E-state index contributed by atoms with van der Waals surface area (Å²) in [6.45, 7) is 11.9. The van der Waals surface area contributed by atoms with Crippen molar-refractivity contribution in [1.82, 2.24) is 49.0 Å². The molecule has 0 saturated carbocycles. The first-order valence-electron chi connectivity index (χ1n) is 22.0. The standard InChI is InChI=1S/C46H56N14O7/c1-7-59-34(19-26(3)55-59)42-51-25-32-31-21-29(40(48)61)23-36(67-18-12-16-65-6)38(31)57(43(32)53-42)14-9-10-15-58-39-33(52-46(58)54-45(64)35-20-27(4)56-60(35)8-2)22-30(41(49)62)24-37(39)66-17-11-13-50-44(63)28(5)47/h9-10,19-25,28H,7-8,11-18,47H2,1-6H3,(H2,48,61)(H2,49,62)(H,50,63)(H,52,54,64)/b10-9+/t28-/m0/s1. The van der Waals surface area contributed by atoms with Gasteiger partial charge in [0.15, 0.2) is 5.82 Å². The number of carbonyl (C=O) groups excluding carboxylic acids is 4. The second-order valence-corrected chi connectivity index (χ2v) is 15.9. The molecule has 5 heterocycles. The topological polar surface area (TPSA) is 282 Å². The summed E-state index contributed by atoms with van der Waals surface area (Å²) in [5.74, 6) is -0.704. The Morgan fingerprint density at radius 2 is 1.42 bits per heavy atom. The SMILES string of the molecule is CCn1nc(C)cc1C(=O)Nc1nc2cc(C(N)=O)cc(OCCCNC(=O)[C@H](C)N)c2n1C/C=C/Cn1c2nc(-c3cc(C)nn3CC)ncc2c2cc(C(N)=O)cc(OCCCOC)c21. The second-order valence-electron chi connectivity index (χ2n) is 15.9. The Morgan fingerprint density at radius 3 is 2.09 bits per heavy atom. The van der Waals surface area contributed by atoms with Crippen molar-refractivity contribution in [1.29, 1.82) is 0 Å². The first-order valence-corrected chi connectivity index (χ1v) is 22.0. The summed E-state index contributed by atoms with van der Waals surface area (Å²) in [6, 6.07) is 9.38. The Labute approximate surface area is 385 Å². The van der Waals surface area contributed by atoms with E-state index in [1.807, 2.05) is 48.2 Å². The zero-order valence-electron chi connectivity index (χ0n) is 38.5. The van der Waals surface area contributed by atoms with Gasteiger partial charge in [-0.05, 0) is 77.4 Å². The zero-order chi connectivity index (χ0) is 47.9. The summed E-state index contributed by atoms with van der Waals surface area (Å²) in [4.78, 5) is 65.9.